The lowest BCUT2D eigenvalue weighted by Gasteiger charge is -2.11. The minimum Gasteiger partial charge on any atom is -0.461 e. The highest BCUT2D eigenvalue weighted by atomic mass is 16.5. The van der Waals surface area contributed by atoms with Crippen LogP contribution in [0.15, 0.2) is 18.2 Å². The smallest absolute Gasteiger partial charge is 0.355 e. The van der Waals surface area contributed by atoms with Crippen LogP contribution in [0.5, 0.6) is 0 Å². The van der Waals surface area contributed by atoms with Gasteiger partial charge in [-0.2, -0.15) is 0 Å². The van der Waals surface area contributed by atoms with Gasteiger partial charge < -0.3 is 9.72 Å². The number of rotatable bonds is 0. The van der Waals surface area contributed by atoms with Crippen molar-refractivity contribution in [2.75, 3.05) is 6.61 Å². The van der Waals surface area contributed by atoms with Crippen LogP contribution in [-0.2, 0) is 11.2 Å². The van der Waals surface area contributed by atoms with Crippen LogP contribution in [0.2, 0.25) is 0 Å². The molecule has 0 bridgehead atoms. The number of cyclic esters (lactones) is 1. The Morgan fingerprint density at radius 1 is 1.40 bits per heavy atom. The number of carbonyl (C=O) groups excluding carboxylic acids is 1. The molecule has 2 aromatic rings. The number of aromatic nitrogens is 1. The second kappa shape index (κ2) is 2.86. The fourth-order valence-electron chi connectivity index (χ4n) is 2.11. The molecule has 1 aromatic heterocycles. The molecule has 0 amide bonds. The second-order valence-corrected chi connectivity index (χ2v) is 3.91. The summed E-state index contributed by atoms with van der Waals surface area (Å²) in [6.07, 6.45) is 0.810. The molecule has 0 radical (unpaired) electrons. The standard InChI is InChI=1S/C12H11NO2/c1-7-2-3-10-9(6-7)8-4-5-15-12(14)11(8)13-10/h2-3,6,13H,4-5H2,1H3. The van der Waals surface area contributed by atoms with E-state index in [9.17, 15) is 4.79 Å². The summed E-state index contributed by atoms with van der Waals surface area (Å²) < 4.78 is 4.99. The molecule has 0 aliphatic carbocycles. The van der Waals surface area contributed by atoms with Crippen LogP contribution in [0.25, 0.3) is 10.9 Å². The molecule has 0 unspecified atom stereocenters. The van der Waals surface area contributed by atoms with E-state index in [4.69, 9.17) is 4.74 Å². The zero-order chi connectivity index (χ0) is 10.4. The van der Waals surface area contributed by atoms with Gasteiger partial charge in [-0.15, -0.1) is 0 Å². The van der Waals surface area contributed by atoms with Crippen LogP contribution in [0.4, 0.5) is 0 Å². The third kappa shape index (κ3) is 1.16. The lowest BCUT2D eigenvalue weighted by Crippen LogP contribution is -2.16. The van der Waals surface area contributed by atoms with Gasteiger partial charge in [-0.3, -0.25) is 0 Å². The normalized spacial score (nSPS) is 15.1. The predicted molar refractivity (Wildman–Crippen MR) is 57.0 cm³/mol. The largest absolute Gasteiger partial charge is 0.461 e. The van der Waals surface area contributed by atoms with Gasteiger partial charge >= 0.3 is 5.97 Å². The average molecular weight is 201 g/mol. The van der Waals surface area contributed by atoms with Gasteiger partial charge in [-0.1, -0.05) is 11.6 Å². The molecule has 0 atom stereocenters. The van der Waals surface area contributed by atoms with E-state index in [1.807, 2.05) is 12.1 Å². The molecule has 15 heavy (non-hydrogen) atoms. The molecule has 0 saturated carbocycles. The number of hydrogen-bond acceptors (Lipinski definition) is 2. The Morgan fingerprint density at radius 2 is 2.27 bits per heavy atom. The minimum absolute atomic E-state index is 0.231. The molecule has 0 saturated heterocycles. The van der Waals surface area contributed by atoms with Crippen molar-refractivity contribution in [3.8, 4) is 0 Å². The molecule has 1 N–H and O–H groups in total. The van der Waals surface area contributed by atoms with Gasteiger partial charge in [0.25, 0.3) is 0 Å². The van der Waals surface area contributed by atoms with E-state index in [1.54, 1.807) is 0 Å². The fourth-order valence-corrected chi connectivity index (χ4v) is 2.11. The van der Waals surface area contributed by atoms with Crippen molar-refractivity contribution in [3.63, 3.8) is 0 Å². The van der Waals surface area contributed by atoms with E-state index < -0.39 is 0 Å². The third-order valence-corrected chi connectivity index (χ3v) is 2.85. The summed E-state index contributed by atoms with van der Waals surface area (Å²) in [7, 11) is 0. The van der Waals surface area contributed by atoms with Crippen molar-refractivity contribution in [2.45, 2.75) is 13.3 Å². The first-order valence-electron chi connectivity index (χ1n) is 5.04. The van der Waals surface area contributed by atoms with Gasteiger partial charge in [0, 0.05) is 17.3 Å². The molecular weight excluding hydrogens is 190 g/mol. The number of ether oxygens (including phenoxy) is 1. The van der Waals surface area contributed by atoms with E-state index in [-0.39, 0.29) is 5.97 Å². The molecule has 1 aromatic carbocycles. The third-order valence-electron chi connectivity index (χ3n) is 2.85. The van der Waals surface area contributed by atoms with E-state index >= 15 is 0 Å². The summed E-state index contributed by atoms with van der Waals surface area (Å²) in [4.78, 5) is 14.6. The first-order valence-corrected chi connectivity index (χ1v) is 5.04. The number of fused-ring (bicyclic) bond motifs is 3. The van der Waals surface area contributed by atoms with Crippen molar-refractivity contribution < 1.29 is 9.53 Å². The fraction of sp³-hybridized carbons (Fsp3) is 0.250. The Labute approximate surface area is 87.1 Å². The van der Waals surface area contributed by atoms with Crippen LogP contribution in [0.3, 0.4) is 0 Å². The second-order valence-electron chi connectivity index (χ2n) is 3.91. The Balaban J connectivity index is 2.36. The molecule has 0 fully saturated rings. The molecule has 1 aliphatic rings. The topological polar surface area (TPSA) is 42.1 Å². The summed E-state index contributed by atoms with van der Waals surface area (Å²) in [5.74, 6) is -0.231. The minimum atomic E-state index is -0.231. The van der Waals surface area contributed by atoms with Crippen LogP contribution < -0.4 is 0 Å². The number of esters is 1. The van der Waals surface area contributed by atoms with Crippen molar-refractivity contribution in [3.05, 3.63) is 35.0 Å². The predicted octanol–water partition coefficient (Wildman–Crippen LogP) is 2.19. The average Bonchev–Trinajstić information content (AvgIpc) is 2.58. The van der Waals surface area contributed by atoms with Gasteiger partial charge in [0.2, 0.25) is 0 Å². The van der Waals surface area contributed by atoms with Crippen LogP contribution in [-0.4, -0.2) is 17.6 Å². The number of H-pyrrole nitrogens is 1. The summed E-state index contributed by atoms with van der Waals surface area (Å²) in [6.45, 7) is 2.55. The summed E-state index contributed by atoms with van der Waals surface area (Å²) >= 11 is 0. The van der Waals surface area contributed by atoms with Crippen molar-refractivity contribution in [1.82, 2.24) is 4.98 Å². The first-order chi connectivity index (χ1) is 7.25. The maximum Gasteiger partial charge on any atom is 0.355 e. The summed E-state index contributed by atoms with van der Waals surface area (Å²) in [6, 6.07) is 6.16. The number of aryl methyl sites for hydroxylation is 1. The van der Waals surface area contributed by atoms with Gasteiger partial charge in [-0.05, 0) is 24.6 Å². The monoisotopic (exact) mass is 201 g/mol. The number of nitrogens with one attached hydrogen (secondary N) is 1. The Bertz CT molecular complexity index is 554. The van der Waals surface area contributed by atoms with E-state index in [1.165, 1.54) is 5.56 Å². The Morgan fingerprint density at radius 3 is 3.13 bits per heavy atom. The molecule has 3 nitrogen and oxygen atoms in total. The molecule has 3 heteroatoms. The highest BCUT2D eigenvalue weighted by Crippen LogP contribution is 2.27. The highest BCUT2D eigenvalue weighted by Gasteiger charge is 2.22. The van der Waals surface area contributed by atoms with Crippen molar-refractivity contribution in [2.24, 2.45) is 0 Å². The highest BCUT2D eigenvalue weighted by molar-refractivity contribution is 5.99. The molecular formula is C12H11NO2. The molecule has 3 rings (SSSR count). The molecule has 2 heterocycles. The van der Waals surface area contributed by atoms with Crippen LogP contribution >= 0.6 is 0 Å². The van der Waals surface area contributed by atoms with E-state index in [2.05, 4.69) is 18.0 Å². The first kappa shape index (κ1) is 8.53. The molecule has 76 valence electrons. The van der Waals surface area contributed by atoms with Gasteiger partial charge in [0.1, 0.15) is 5.69 Å². The lowest BCUT2D eigenvalue weighted by molar-refractivity contribution is 0.0475. The number of aromatic amines is 1. The Kier molecular flexibility index (Phi) is 1.63. The van der Waals surface area contributed by atoms with Crippen LogP contribution in [0.1, 0.15) is 21.6 Å². The van der Waals surface area contributed by atoms with Gasteiger partial charge in [0.15, 0.2) is 0 Å². The van der Waals surface area contributed by atoms with Crippen LogP contribution in [0, 0.1) is 6.92 Å². The Hall–Kier alpha value is -1.77. The zero-order valence-electron chi connectivity index (χ0n) is 8.46. The quantitative estimate of drug-likeness (QED) is 0.664. The number of hydrogen-bond donors (Lipinski definition) is 1. The number of carbonyl (C=O) groups is 1. The maximum absolute atomic E-state index is 11.5. The lowest BCUT2D eigenvalue weighted by atomic mass is 10.0. The van der Waals surface area contributed by atoms with E-state index in [0.717, 1.165) is 22.9 Å². The summed E-state index contributed by atoms with van der Waals surface area (Å²) in [5.41, 5.74) is 3.96. The van der Waals surface area contributed by atoms with Crippen molar-refractivity contribution >= 4 is 16.9 Å². The summed E-state index contributed by atoms with van der Waals surface area (Å²) in [5, 5.41) is 1.15. The molecule has 1 aliphatic heterocycles. The maximum atomic E-state index is 11.5. The van der Waals surface area contributed by atoms with Crippen molar-refractivity contribution in [1.29, 1.82) is 0 Å². The number of benzene rings is 1. The van der Waals surface area contributed by atoms with Gasteiger partial charge in [-0.25, -0.2) is 4.79 Å². The zero-order valence-corrected chi connectivity index (χ0v) is 8.46. The van der Waals surface area contributed by atoms with Gasteiger partial charge in [0.05, 0.1) is 6.61 Å². The molecule has 0 spiro atoms. The SMILES string of the molecule is Cc1ccc2[nH]c3c(c2c1)CCOC3=O. The van der Waals surface area contributed by atoms with E-state index in [0.29, 0.717) is 12.3 Å².